The molecule has 1 saturated carbocycles. The fourth-order valence-electron chi connectivity index (χ4n) is 4.59. The molecule has 1 fully saturated rings. The van der Waals surface area contributed by atoms with Gasteiger partial charge >= 0.3 is 0 Å². The van der Waals surface area contributed by atoms with Crippen LogP contribution in [0.25, 0.3) is 11.3 Å². The zero-order valence-corrected chi connectivity index (χ0v) is 20.2. The summed E-state index contributed by atoms with van der Waals surface area (Å²) in [5, 5.41) is 0. The van der Waals surface area contributed by atoms with Crippen molar-refractivity contribution in [3.05, 3.63) is 65.1 Å². The fraction of sp³-hybridized carbons (Fsp3) is 0.292. The minimum Gasteiger partial charge on any atom is -0.760 e. The topological polar surface area (TPSA) is 117 Å². The summed E-state index contributed by atoms with van der Waals surface area (Å²) >= 11 is -2.41. The fourth-order valence-corrected chi connectivity index (χ4v) is 4.88. The minimum absolute atomic E-state index is 0.0698. The van der Waals surface area contributed by atoms with E-state index in [0.29, 0.717) is 35.2 Å². The molecule has 3 heterocycles. The number of fused-ring (bicyclic) bond motifs is 2. The van der Waals surface area contributed by atoms with Crippen molar-refractivity contribution < 1.29 is 31.8 Å². The minimum atomic E-state index is -2.41. The van der Waals surface area contributed by atoms with Gasteiger partial charge < -0.3 is 18.9 Å². The van der Waals surface area contributed by atoms with Crippen molar-refractivity contribution in [2.24, 2.45) is 0 Å². The summed E-state index contributed by atoms with van der Waals surface area (Å²) in [6, 6.07) is 4.66. The number of carbonyl (C=O) groups is 1. The van der Waals surface area contributed by atoms with Crippen LogP contribution in [0.3, 0.4) is 0 Å². The van der Waals surface area contributed by atoms with Crippen molar-refractivity contribution >= 4 is 22.9 Å². The van der Waals surface area contributed by atoms with Crippen LogP contribution in [-0.4, -0.2) is 38.9 Å². The van der Waals surface area contributed by atoms with E-state index >= 15 is 8.78 Å². The molecule has 1 spiro atoms. The lowest BCUT2D eigenvalue weighted by Gasteiger charge is -2.35. The zero-order valence-electron chi connectivity index (χ0n) is 19.3. The van der Waals surface area contributed by atoms with Crippen molar-refractivity contribution in [3.63, 3.8) is 0 Å². The average molecular weight is 516 g/mol. The van der Waals surface area contributed by atoms with Gasteiger partial charge in [0.1, 0.15) is 5.69 Å². The molecular weight excluding hydrogens is 494 g/mol. The second-order valence-corrected chi connectivity index (χ2v) is 9.35. The molecule has 1 amide bonds. The number of nitrogens with zero attached hydrogens (tertiary/aromatic N) is 3. The van der Waals surface area contributed by atoms with Crippen molar-refractivity contribution in [3.8, 4) is 22.8 Å². The van der Waals surface area contributed by atoms with Gasteiger partial charge in [-0.15, -0.1) is 0 Å². The van der Waals surface area contributed by atoms with Crippen LogP contribution in [0.15, 0.2) is 36.8 Å². The highest BCUT2D eigenvalue weighted by Gasteiger charge is 2.57. The van der Waals surface area contributed by atoms with Crippen LogP contribution in [0.2, 0.25) is 0 Å². The normalized spacial score (nSPS) is 16.6. The summed E-state index contributed by atoms with van der Waals surface area (Å²) in [4.78, 5) is 23.4. The van der Waals surface area contributed by atoms with Gasteiger partial charge in [-0.25, -0.2) is 13.5 Å². The summed E-state index contributed by atoms with van der Waals surface area (Å²) in [6.07, 6.45) is 5.78. The smallest absolute Gasteiger partial charge is 0.238 e. The molecule has 2 aromatic heterocycles. The number of aromatic nitrogens is 2. The van der Waals surface area contributed by atoms with Gasteiger partial charge in [-0.05, 0) is 41.7 Å². The van der Waals surface area contributed by atoms with E-state index in [4.69, 9.17) is 9.47 Å². The highest BCUT2D eigenvalue weighted by atomic mass is 32.2. The highest BCUT2D eigenvalue weighted by Crippen LogP contribution is 2.55. The van der Waals surface area contributed by atoms with Gasteiger partial charge in [0.15, 0.2) is 23.1 Å². The van der Waals surface area contributed by atoms with Crippen molar-refractivity contribution in [1.29, 1.82) is 0 Å². The number of halogens is 2. The average Bonchev–Trinajstić information content (AvgIpc) is 3.68. The summed E-state index contributed by atoms with van der Waals surface area (Å²) in [6.45, 7) is -0.00864. The molecule has 1 atom stereocenters. The first-order chi connectivity index (χ1) is 17.3. The maximum absolute atomic E-state index is 15.2. The van der Waals surface area contributed by atoms with Gasteiger partial charge in [0, 0.05) is 48.0 Å². The number of amides is 1. The third-order valence-electron chi connectivity index (χ3n) is 6.54. The molecule has 1 aromatic carbocycles. The van der Waals surface area contributed by atoms with Gasteiger partial charge in [0.05, 0.1) is 31.9 Å². The van der Waals surface area contributed by atoms with Crippen molar-refractivity contribution in [2.75, 3.05) is 19.1 Å². The molecular formula is C24H21F2N4O5S-. The second kappa shape index (κ2) is 9.19. The molecule has 3 aromatic rings. The predicted molar refractivity (Wildman–Crippen MR) is 125 cm³/mol. The van der Waals surface area contributed by atoms with Crippen LogP contribution < -0.4 is 19.1 Å². The van der Waals surface area contributed by atoms with Crippen LogP contribution >= 0.6 is 0 Å². The summed E-state index contributed by atoms with van der Waals surface area (Å²) in [5.74, 6) is -2.84. The van der Waals surface area contributed by atoms with Crippen LogP contribution in [0.4, 0.5) is 14.5 Å². The number of pyridine rings is 2. The van der Waals surface area contributed by atoms with Gasteiger partial charge in [-0.2, -0.15) is 0 Å². The molecule has 1 aliphatic carbocycles. The number of benzene rings is 1. The number of rotatable bonds is 7. The Bertz CT molecular complexity index is 1370. The number of ether oxygens (including phenoxy) is 2. The molecule has 188 valence electrons. The quantitative estimate of drug-likeness (QED) is 0.481. The lowest BCUT2D eigenvalue weighted by atomic mass is 9.86. The molecule has 1 aliphatic heterocycles. The molecule has 2 aliphatic rings. The third-order valence-corrected chi connectivity index (χ3v) is 6.92. The number of hydrogen-bond acceptors (Lipinski definition) is 7. The van der Waals surface area contributed by atoms with Gasteiger partial charge in [-0.1, -0.05) is 0 Å². The number of nitrogens with one attached hydrogen (secondary N) is 1. The van der Waals surface area contributed by atoms with Crippen molar-refractivity contribution in [2.45, 2.75) is 31.3 Å². The van der Waals surface area contributed by atoms with Gasteiger partial charge in [0.2, 0.25) is 5.91 Å². The first-order valence-corrected chi connectivity index (χ1v) is 12.0. The molecule has 0 bridgehead atoms. The number of methoxy groups -OCH3 is 2. The SMILES string of the molecule is COc1cc(OC)c(F)c(N2Cc3cnc(-c4cncc(CNS(=O)[O-])c4)cc3C3(CC3)C2=O)c1F. The van der Waals surface area contributed by atoms with E-state index < -0.39 is 39.9 Å². The molecule has 12 heteroatoms. The van der Waals surface area contributed by atoms with Crippen LogP contribution in [0, 0.1) is 11.6 Å². The highest BCUT2D eigenvalue weighted by molar-refractivity contribution is 7.77. The summed E-state index contributed by atoms with van der Waals surface area (Å²) in [5.41, 5.74) is 1.84. The van der Waals surface area contributed by atoms with Crippen LogP contribution in [0.5, 0.6) is 11.5 Å². The Labute approximate surface area is 207 Å². The Morgan fingerprint density at radius 3 is 2.42 bits per heavy atom. The maximum atomic E-state index is 15.2. The standard InChI is InChI=1S/C24H22F2N4O5S/c1-34-18-7-19(35-2)21(26)22(20(18)25)30-12-15-11-28-17(6-16(15)24(3-4-24)23(30)31)14-5-13(8-27-10-14)9-29-36(32)33/h5-8,10-11,29H,3-4,9,12H2,1-2H3,(H,32,33)/p-1. The lowest BCUT2D eigenvalue weighted by Crippen LogP contribution is -2.45. The Morgan fingerprint density at radius 2 is 1.81 bits per heavy atom. The van der Waals surface area contributed by atoms with Gasteiger partial charge in [0.25, 0.3) is 0 Å². The Kier molecular flexibility index (Phi) is 6.18. The molecule has 1 unspecified atom stereocenters. The third kappa shape index (κ3) is 4.00. The molecule has 0 radical (unpaired) electrons. The number of hydrogen-bond donors (Lipinski definition) is 1. The number of anilines is 1. The Morgan fingerprint density at radius 1 is 1.11 bits per heavy atom. The largest absolute Gasteiger partial charge is 0.760 e. The summed E-state index contributed by atoms with van der Waals surface area (Å²) in [7, 11) is 2.50. The van der Waals surface area contributed by atoms with E-state index in [9.17, 15) is 13.6 Å². The first kappa shape index (κ1) is 24.2. The Balaban J connectivity index is 1.55. The van der Waals surface area contributed by atoms with E-state index in [-0.39, 0.29) is 24.6 Å². The lowest BCUT2D eigenvalue weighted by molar-refractivity contribution is -0.121. The van der Waals surface area contributed by atoms with Crippen LogP contribution in [0.1, 0.15) is 29.5 Å². The van der Waals surface area contributed by atoms with E-state index in [0.717, 1.165) is 16.5 Å². The molecule has 9 nitrogen and oxygen atoms in total. The van der Waals surface area contributed by atoms with Crippen molar-refractivity contribution in [1.82, 2.24) is 14.7 Å². The first-order valence-electron chi connectivity index (χ1n) is 11.0. The molecule has 36 heavy (non-hydrogen) atoms. The summed E-state index contributed by atoms with van der Waals surface area (Å²) < 4.78 is 64.4. The Hall–Kier alpha value is -3.48. The molecule has 5 rings (SSSR count). The van der Waals surface area contributed by atoms with E-state index in [1.54, 1.807) is 24.5 Å². The second-order valence-electron chi connectivity index (χ2n) is 8.60. The number of carbonyl (C=O) groups excluding carboxylic acids is 1. The van der Waals surface area contributed by atoms with Crippen LogP contribution in [-0.2, 0) is 34.6 Å². The van der Waals surface area contributed by atoms with E-state index in [2.05, 4.69) is 14.7 Å². The molecule has 1 N–H and O–H groups in total. The zero-order chi connectivity index (χ0) is 25.6. The molecule has 0 saturated heterocycles. The van der Waals surface area contributed by atoms with E-state index in [1.165, 1.54) is 20.4 Å². The predicted octanol–water partition coefficient (Wildman–Crippen LogP) is 2.90. The maximum Gasteiger partial charge on any atom is 0.238 e. The van der Waals surface area contributed by atoms with E-state index in [1.807, 2.05) is 0 Å². The van der Waals surface area contributed by atoms with Gasteiger partial charge in [-0.3, -0.25) is 19.0 Å². The monoisotopic (exact) mass is 515 g/mol.